The third-order valence-electron chi connectivity index (χ3n) is 9.69. The van der Waals surface area contributed by atoms with Crippen LogP contribution in [-0.2, 0) is 24.6 Å². The summed E-state index contributed by atoms with van der Waals surface area (Å²) in [6.45, 7) is 0.446. The van der Waals surface area contributed by atoms with Gasteiger partial charge in [-0.2, -0.15) is 14.0 Å². The first kappa shape index (κ1) is 35.4. The first-order valence-electron chi connectivity index (χ1n) is 15.9. The second-order valence-electron chi connectivity index (χ2n) is 12.7. The maximum Gasteiger partial charge on any atom is 0.409 e. The van der Waals surface area contributed by atoms with E-state index in [1.165, 1.54) is 29.0 Å². The molecule has 3 aromatic rings. The minimum absolute atomic E-state index is 0.0216. The van der Waals surface area contributed by atoms with Gasteiger partial charge in [-0.15, -0.1) is 11.3 Å². The van der Waals surface area contributed by atoms with Gasteiger partial charge in [-0.25, -0.2) is 4.79 Å². The fourth-order valence-electron chi connectivity index (χ4n) is 7.12. The molecule has 0 spiro atoms. The predicted octanol–water partition coefficient (Wildman–Crippen LogP) is 3.82. The van der Waals surface area contributed by atoms with Gasteiger partial charge in [0.05, 0.1) is 30.5 Å². The molecule has 4 heterocycles. The molecule has 0 bridgehead atoms. The van der Waals surface area contributed by atoms with Crippen molar-refractivity contribution in [3.05, 3.63) is 70.6 Å². The summed E-state index contributed by atoms with van der Waals surface area (Å²) in [4.78, 5) is 77.4. The molecule has 2 aromatic carbocycles. The molecule has 3 N–H and O–H groups in total. The highest BCUT2D eigenvalue weighted by Gasteiger charge is 2.51. The number of thiophene rings is 1. The van der Waals surface area contributed by atoms with Gasteiger partial charge >= 0.3 is 19.4 Å². The lowest BCUT2D eigenvalue weighted by atomic mass is 9.90. The predicted molar refractivity (Wildman–Crippen MR) is 176 cm³/mol. The van der Waals surface area contributed by atoms with E-state index in [-0.39, 0.29) is 41.7 Å². The Balaban J connectivity index is 1.25. The van der Waals surface area contributed by atoms with E-state index in [4.69, 9.17) is 14.5 Å². The normalized spacial score (nSPS) is 24.4. The van der Waals surface area contributed by atoms with Crippen LogP contribution in [0, 0.1) is 17.2 Å². The summed E-state index contributed by atoms with van der Waals surface area (Å²) in [5.74, 6) is -2.23. The number of rotatable bonds is 6. The lowest BCUT2D eigenvalue weighted by molar-refractivity contribution is -0.147. The quantitative estimate of drug-likeness (QED) is 0.318. The number of carbonyl (C=O) groups excluding carboxylic acids is 4. The number of nitriles is 1. The van der Waals surface area contributed by atoms with Crippen LogP contribution in [0.3, 0.4) is 0 Å². The first-order chi connectivity index (χ1) is 23.7. The molecule has 3 fully saturated rings. The minimum Gasteiger partial charge on any atom is -0.453 e. The lowest BCUT2D eigenvalue weighted by Crippen LogP contribution is -2.61. The maximum absolute atomic E-state index is 14.4. The fourth-order valence-corrected chi connectivity index (χ4v) is 8.54. The molecule has 13 nitrogen and oxygen atoms in total. The van der Waals surface area contributed by atoms with E-state index in [1.807, 2.05) is 30.3 Å². The molecule has 3 aliphatic heterocycles. The van der Waals surface area contributed by atoms with Gasteiger partial charge in [0.25, 0.3) is 5.91 Å². The molecule has 50 heavy (non-hydrogen) atoms. The van der Waals surface area contributed by atoms with Crippen LogP contribution in [0.25, 0.3) is 10.1 Å². The molecule has 0 unspecified atom stereocenters. The third-order valence-corrected chi connectivity index (χ3v) is 11.8. The van der Waals surface area contributed by atoms with Gasteiger partial charge in [-0.3, -0.25) is 18.9 Å². The number of carbonyl (C=O) groups is 4. The Hall–Kier alpha value is -4.42. The molecule has 6 rings (SSSR count). The van der Waals surface area contributed by atoms with E-state index in [0.29, 0.717) is 30.5 Å². The van der Waals surface area contributed by atoms with Crippen molar-refractivity contribution in [2.24, 2.45) is 5.92 Å². The average molecular weight is 730 g/mol. The molecule has 264 valence electrons. The Bertz CT molecular complexity index is 1920. The van der Waals surface area contributed by atoms with Crippen LogP contribution in [-0.4, -0.2) is 99.7 Å². The van der Waals surface area contributed by atoms with Gasteiger partial charge in [0.2, 0.25) is 11.8 Å². The van der Waals surface area contributed by atoms with Crippen molar-refractivity contribution in [1.82, 2.24) is 20.0 Å². The summed E-state index contributed by atoms with van der Waals surface area (Å²) in [6.07, 6.45) is 0.503. The highest BCUT2D eigenvalue weighted by atomic mass is 32.1. The summed E-state index contributed by atoms with van der Waals surface area (Å²) in [7, 11) is -4.63. The molecule has 3 saturated heterocycles. The van der Waals surface area contributed by atoms with Crippen molar-refractivity contribution in [3.63, 3.8) is 0 Å². The summed E-state index contributed by atoms with van der Waals surface area (Å²) >= 11 is 0.917. The SMILES string of the molecule is COC(=O)N1CC[C@H]2CC[C@@H](C(=O)N3C[C@H](c4ccccc4)[C@@H](C#N)C3)N2C(=O)[C@@H](NC(=O)c2cc3cc(C(F)(F)P(=O)(O)O)ccc3s2)C1. The van der Waals surface area contributed by atoms with Crippen LogP contribution in [0.4, 0.5) is 13.6 Å². The minimum atomic E-state index is -5.82. The lowest BCUT2D eigenvalue weighted by Gasteiger charge is -2.39. The standard InChI is InChI=1S/C33H34F2N5O8PS/c1-48-32(44)38-12-11-23-8-9-26(31(43)39-16-21(15-36)24(17-39)19-5-3-2-4-6-19)40(23)30(42)25(18-38)37-29(41)28-14-20-13-22(7-10-27(20)50-28)33(34,35)49(45,46)47/h2-7,10,13-14,21,23-26H,8-9,11-12,16-18H2,1H3,(H,37,41)(H2,45,46,47)/t21-,23+,24+,25-,26-/m0/s1. The van der Waals surface area contributed by atoms with E-state index in [0.717, 1.165) is 29.0 Å². The van der Waals surface area contributed by atoms with Gasteiger partial charge in [0.1, 0.15) is 12.1 Å². The number of ether oxygens (including phenoxy) is 1. The van der Waals surface area contributed by atoms with Crippen LogP contribution < -0.4 is 5.32 Å². The van der Waals surface area contributed by atoms with Crippen LogP contribution >= 0.6 is 18.9 Å². The molecule has 0 radical (unpaired) electrons. The van der Waals surface area contributed by atoms with Crippen molar-refractivity contribution in [3.8, 4) is 6.07 Å². The Morgan fingerprint density at radius 2 is 1.78 bits per heavy atom. The Labute approximate surface area is 289 Å². The number of nitrogens with zero attached hydrogens (tertiary/aromatic N) is 4. The van der Waals surface area contributed by atoms with Gasteiger partial charge < -0.3 is 34.5 Å². The summed E-state index contributed by atoms with van der Waals surface area (Å²) in [5.41, 5.74) is -4.42. The average Bonchev–Trinajstić information content (AvgIpc) is 3.84. The van der Waals surface area contributed by atoms with E-state index in [9.17, 15) is 37.8 Å². The monoisotopic (exact) mass is 729 g/mol. The van der Waals surface area contributed by atoms with Gasteiger partial charge in [-0.05, 0) is 48.4 Å². The van der Waals surface area contributed by atoms with Gasteiger partial charge in [0, 0.05) is 41.9 Å². The van der Waals surface area contributed by atoms with Crippen molar-refractivity contribution < 1.29 is 47.0 Å². The number of hydrogen-bond acceptors (Lipinski definition) is 8. The molecule has 1 aromatic heterocycles. The van der Waals surface area contributed by atoms with E-state index < -0.39 is 60.8 Å². The molecule has 3 aliphatic rings. The second-order valence-corrected chi connectivity index (χ2v) is 15.4. The van der Waals surface area contributed by atoms with E-state index in [1.54, 1.807) is 4.90 Å². The number of methoxy groups -OCH3 is 1. The topological polar surface area (TPSA) is 181 Å². The first-order valence-corrected chi connectivity index (χ1v) is 18.3. The second kappa shape index (κ2) is 13.7. The highest BCUT2D eigenvalue weighted by molar-refractivity contribution is 7.52. The molecular formula is C33H34F2N5O8PS. The van der Waals surface area contributed by atoms with Crippen molar-refractivity contribution >= 4 is 52.8 Å². The van der Waals surface area contributed by atoms with Crippen molar-refractivity contribution in [2.45, 2.75) is 49.0 Å². The maximum atomic E-state index is 14.4. The van der Waals surface area contributed by atoms with Crippen LogP contribution in [0.15, 0.2) is 54.6 Å². The van der Waals surface area contributed by atoms with E-state index >= 15 is 0 Å². The molecule has 0 aliphatic carbocycles. The largest absolute Gasteiger partial charge is 0.453 e. The smallest absolute Gasteiger partial charge is 0.409 e. The zero-order valence-electron chi connectivity index (χ0n) is 26.8. The third kappa shape index (κ3) is 6.58. The number of nitrogens with one attached hydrogen (secondary N) is 1. The number of alkyl halides is 2. The van der Waals surface area contributed by atoms with Crippen LogP contribution in [0.5, 0.6) is 0 Å². The zero-order chi connectivity index (χ0) is 36.0. The number of fused-ring (bicyclic) bond motifs is 2. The number of amides is 4. The van der Waals surface area contributed by atoms with E-state index in [2.05, 4.69) is 11.4 Å². The van der Waals surface area contributed by atoms with Crippen LogP contribution in [0.1, 0.15) is 46.0 Å². The number of benzene rings is 2. The summed E-state index contributed by atoms with van der Waals surface area (Å²) in [5, 5.41) is 12.7. The van der Waals surface area contributed by atoms with Crippen LogP contribution in [0.2, 0.25) is 0 Å². The zero-order valence-corrected chi connectivity index (χ0v) is 28.5. The van der Waals surface area contributed by atoms with Crippen molar-refractivity contribution in [2.75, 3.05) is 33.3 Å². The Morgan fingerprint density at radius 3 is 2.46 bits per heavy atom. The molecule has 17 heteroatoms. The number of hydrogen-bond donors (Lipinski definition) is 3. The van der Waals surface area contributed by atoms with Gasteiger partial charge in [-0.1, -0.05) is 36.4 Å². The number of halogens is 2. The number of likely N-dealkylation sites (tertiary alicyclic amines) is 1. The fraction of sp³-hybridized carbons (Fsp3) is 0.424. The molecule has 4 amide bonds. The Morgan fingerprint density at radius 1 is 1.04 bits per heavy atom. The Kier molecular flexibility index (Phi) is 9.71. The summed E-state index contributed by atoms with van der Waals surface area (Å²) in [6, 6.07) is 13.5. The molecule has 0 saturated carbocycles. The van der Waals surface area contributed by atoms with Gasteiger partial charge in [0.15, 0.2) is 0 Å². The highest BCUT2D eigenvalue weighted by Crippen LogP contribution is 2.59. The molecular weight excluding hydrogens is 695 g/mol. The molecule has 5 atom stereocenters. The van der Waals surface area contributed by atoms with Crippen molar-refractivity contribution in [1.29, 1.82) is 5.26 Å². The summed E-state index contributed by atoms with van der Waals surface area (Å²) < 4.78 is 45.4.